The molecule has 2 aromatic rings. The number of cyclic esters (lactones) is 1. The lowest BCUT2D eigenvalue weighted by Gasteiger charge is -2.10. The van der Waals surface area contributed by atoms with Crippen LogP contribution in [0.3, 0.4) is 0 Å². The highest BCUT2D eigenvalue weighted by Crippen LogP contribution is 2.29. The third kappa shape index (κ3) is 4.33. The van der Waals surface area contributed by atoms with E-state index in [1.54, 1.807) is 24.3 Å². The Bertz CT molecular complexity index is 917. The monoisotopic (exact) mass is 367 g/mol. The largest absolute Gasteiger partial charge is 0.493 e. The number of aliphatic imine (C=N–C) groups is 1. The number of methoxy groups -OCH3 is 2. The van der Waals surface area contributed by atoms with Gasteiger partial charge in [0, 0.05) is 5.56 Å². The Kier molecular flexibility index (Phi) is 5.51. The first-order chi connectivity index (χ1) is 13.1. The molecular weight excluding hydrogens is 350 g/mol. The lowest BCUT2D eigenvalue weighted by Crippen LogP contribution is -2.12. The molecule has 0 radical (unpaired) electrons. The molecule has 0 aliphatic carbocycles. The van der Waals surface area contributed by atoms with Gasteiger partial charge in [0.05, 0.1) is 14.2 Å². The van der Waals surface area contributed by atoms with E-state index in [1.807, 2.05) is 30.3 Å². The fraction of sp³-hybridized carbons (Fsp3) is 0.150. The van der Waals surface area contributed by atoms with Gasteiger partial charge in [-0.15, -0.1) is 0 Å². The van der Waals surface area contributed by atoms with Crippen LogP contribution in [-0.2, 0) is 19.1 Å². The third-order valence-corrected chi connectivity index (χ3v) is 3.71. The van der Waals surface area contributed by atoms with E-state index in [4.69, 9.17) is 14.2 Å². The average molecular weight is 367 g/mol. The van der Waals surface area contributed by atoms with Gasteiger partial charge in [0.25, 0.3) is 0 Å². The number of benzene rings is 2. The minimum absolute atomic E-state index is 0.180. The van der Waals surface area contributed by atoms with Crippen molar-refractivity contribution in [3.63, 3.8) is 0 Å². The van der Waals surface area contributed by atoms with Crippen LogP contribution in [0.5, 0.6) is 11.5 Å². The summed E-state index contributed by atoms with van der Waals surface area (Å²) in [5, 5.41) is 0. The molecule has 27 heavy (non-hydrogen) atoms. The van der Waals surface area contributed by atoms with E-state index in [-0.39, 0.29) is 18.2 Å². The fourth-order valence-corrected chi connectivity index (χ4v) is 2.36. The highest BCUT2D eigenvalue weighted by molar-refractivity contribution is 6.12. The maximum Gasteiger partial charge on any atom is 0.363 e. The quantitative estimate of drug-likeness (QED) is 0.576. The maximum atomic E-state index is 12.1. The van der Waals surface area contributed by atoms with Crippen LogP contribution in [0.2, 0.25) is 0 Å². The molecule has 0 amide bonds. The maximum absolute atomic E-state index is 12.1. The summed E-state index contributed by atoms with van der Waals surface area (Å²) in [5.74, 6) is 0.0230. The molecule has 0 saturated heterocycles. The second kappa shape index (κ2) is 8.18. The summed E-state index contributed by atoms with van der Waals surface area (Å²) < 4.78 is 20.4. The van der Waals surface area contributed by atoms with Crippen LogP contribution in [-0.4, -0.2) is 38.7 Å². The van der Waals surface area contributed by atoms with Gasteiger partial charge in [0.15, 0.2) is 23.8 Å². The van der Waals surface area contributed by atoms with Crippen LogP contribution in [0.15, 0.2) is 59.2 Å². The van der Waals surface area contributed by atoms with Crippen molar-refractivity contribution in [1.82, 2.24) is 0 Å². The van der Waals surface area contributed by atoms with Crippen molar-refractivity contribution in [3.05, 3.63) is 65.4 Å². The minimum atomic E-state index is -0.529. The van der Waals surface area contributed by atoms with Crippen LogP contribution in [0.4, 0.5) is 0 Å². The Balaban J connectivity index is 1.83. The molecule has 1 aliphatic rings. The first-order valence-electron chi connectivity index (χ1n) is 8.06. The van der Waals surface area contributed by atoms with Crippen LogP contribution in [0, 0.1) is 0 Å². The number of carbonyl (C=O) groups is 2. The van der Waals surface area contributed by atoms with Gasteiger partial charge in [0.1, 0.15) is 0 Å². The highest BCUT2D eigenvalue weighted by atomic mass is 16.6. The molecule has 0 saturated carbocycles. The van der Waals surface area contributed by atoms with Crippen molar-refractivity contribution < 1.29 is 28.5 Å². The van der Waals surface area contributed by atoms with E-state index in [2.05, 4.69) is 9.73 Å². The van der Waals surface area contributed by atoms with Crippen LogP contribution in [0.25, 0.3) is 6.08 Å². The summed E-state index contributed by atoms with van der Waals surface area (Å²) in [5.41, 5.74) is 1.57. The molecule has 0 unspecified atom stereocenters. The summed E-state index contributed by atoms with van der Waals surface area (Å²) in [7, 11) is 2.76. The van der Waals surface area contributed by atoms with E-state index in [0.717, 1.165) is 5.56 Å². The first kappa shape index (κ1) is 18.2. The van der Waals surface area contributed by atoms with Gasteiger partial charge in [-0.1, -0.05) is 24.3 Å². The molecule has 0 N–H and O–H groups in total. The van der Waals surface area contributed by atoms with Crippen molar-refractivity contribution in [2.45, 2.75) is 0 Å². The Morgan fingerprint density at radius 1 is 1.11 bits per heavy atom. The normalized spacial score (nSPS) is 14.5. The molecule has 1 heterocycles. The summed E-state index contributed by atoms with van der Waals surface area (Å²) >= 11 is 0. The predicted molar refractivity (Wildman–Crippen MR) is 97.6 cm³/mol. The van der Waals surface area contributed by atoms with Crippen LogP contribution in [0.1, 0.15) is 11.1 Å². The predicted octanol–water partition coefficient (Wildman–Crippen LogP) is 2.59. The Morgan fingerprint density at radius 3 is 2.59 bits per heavy atom. The Hall–Kier alpha value is -3.61. The number of ether oxygens (including phenoxy) is 4. The zero-order chi connectivity index (χ0) is 19.2. The minimum Gasteiger partial charge on any atom is -0.493 e. The molecule has 1 aliphatic heterocycles. The molecule has 7 heteroatoms. The van der Waals surface area contributed by atoms with E-state index in [0.29, 0.717) is 17.1 Å². The molecule has 0 spiro atoms. The van der Waals surface area contributed by atoms with E-state index >= 15 is 0 Å². The molecular formula is C20H17NO6. The Morgan fingerprint density at radius 2 is 1.89 bits per heavy atom. The summed E-state index contributed by atoms with van der Waals surface area (Å²) in [6, 6.07) is 14.2. The van der Waals surface area contributed by atoms with Crippen molar-refractivity contribution >= 4 is 23.9 Å². The average Bonchev–Trinajstić information content (AvgIpc) is 3.07. The van der Waals surface area contributed by atoms with Gasteiger partial charge in [-0.05, 0) is 35.9 Å². The molecule has 2 aromatic carbocycles. The fourth-order valence-electron chi connectivity index (χ4n) is 2.36. The number of nitrogens with zero attached hydrogens (tertiary/aromatic N) is 1. The van der Waals surface area contributed by atoms with Gasteiger partial charge in [-0.25, -0.2) is 14.6 Å². The second-order valence-corrected chi connectivity index (χ2v) is 5.48. The van der Waals surface area contributed by atoms with Gasteiger partial charge in [-0.2, -0.15) is 0 Å². The molecule has 0 bridgehead atoms. The molecule has 0 aromatic heterocycles. The number of rotatable bonds is 6. The SMILES string of the molecule is COC(=O)COc1ccc(/C=C2\N=C(c3ccccc3)OC2=O)cc1OC. The molecule has 7 nitrogen and oxygen atoms in total. The number of hydrogen-bond acceptors (Lipinski definition) is 7. The summed E-state index contributed by atoms with van der Waals surface area (Å²) in [6.07, 6.45) is 1.59. The standard InChI is InChI=1S/C20H17NO6/c1-24-17-11-13(8-9-16(17)26-12-18(22)25-2)10-15-20(23)27-19(21-15)14-6-4-3-5-7-14/h3-11H,12H2,1-2H3/b15-10-. The molecule has 3 rings (SSSR count). The van der Waals surface area contributed by atoms with Crippen molar-refractivity contribution in [2.75, 3.05) is 20.8 Å². The zero-order valence-electron chi connectivity index (χ0n) is 14.8. The topological polar surface area (TPSA) is 83.4 Å². The summed E-state index contributed by atoms with van der Waals surface area (Å²) in [4.78, 5) is 27.5. The summed E-state index contributed by atoms with van der Waals surface area (Å²) in [6.45, 7) is -0.232. The van der Waals surface area contributed by atoms with Crippen LogP contribution < -0.4 is 9.47 Å². The van der Waals surface area contributed by atoms with Gasteiger partial charge in [0.2, 0.25) is 5.90 Å². The van der Waals surface area contributed by atoms with Gasteiger partial charge >= 0.3 is 11.9 Å². The van der Waals surface area contributed by atoms with E-state index in [1.165, 1.54) is 14.2 Å². The first-order valence-corrected chi connectivity index (χ1v) is 8.06. The lowest BCUT2D eigenvalue weighted by molar-refractivity contribution is -0.143. The molecule has 138 valence electrons. The van der Waals surface area contributed by atoms with Gasteiger partial charge < -0.3 is 18.9 Å². The smallest absolute Gasteiger partial charge is 0.363 e. The number of esters is 2. The van der Waals surface area contributed by atoms with Crippen LogP contribution >= 0.6 is 0 Å². The lowest BCUT2D eigenvalue weighted by atomic mass is 10.1. The van der Waals surface area contributed by atoms with Crippen molar-refractivity contribution in [1.29, 1.82) is 0 Å². The van der Waals surface area contributed by atoms with Crippen molar-refractivity contribution in [2.24, 2.45) is 4.99 Å². The number of carbonyl (C=O) groups excluding carboxylic acids is 2. The molecule has 0 fully saturated rings. The van der Waals surface area contributed by atoms with Gasteiger partial charge in [-0.3, -0.25) is 0 Å². The highest BCUT2D eigenvalue weighted by Gasteiger charge is 2.24. The zero-order valence-corrected chi connectivity index (χ0v) is 14.8. The number of hydrogen-bond donors (Lipinski definition) is 0. The second-order valence-electron chi connectivity index (χ2n) is 5.48. The van der Waals surface area contributed by atoms with E-state index < -0.39 is 11.9 Å². The molecule has 0 atom stereocenters. The Labute approximate surface area is 155 Å². The van der Waals surface area contributed by atoms with E-state index in [9.17, 15) is 9.59 Å². The van der Waals surface area contributed by atoms with Crippen molar-refractivity contribution in [3.8, 4) is 11.5 Å². The third-order valence-electron chi connectivity index (χ3n) is 3.71.